The lowest BCUT2D eigenvalue weighted by molar-refractivity contribution is 0.0150. The molecule has 6 heteroatoms. The first-order chi connectivity index (χ1) is 8.60. The molecule has 2 atom stereocenters. The fourth-order valence-corrected chi connectivity index (χ4v) is 1.63. The van der Waals surface area contributed by atoms with Crippen LogP contribution in [0.2, 0.25) is 0 Å². The molecule has 2 N–H and O–H groups in total. The molecule has 0 heterocycles. The number of aliphatic hydroxyl groups excluding tert-OH is 2. The molecule has 1 rings (SSSR count). The molecular weight excluding hydrogens is 234 g/mol. The third-order valence-corrected chi connectivity index (χ3v) is 2.71. The minimum absolute atomic E-state index is 0.125. The Morgan fingerprint density at radius 3 is 2.78 bits per heavy atom. The molecule has 0 aromatic heterocycles. The number of aliphatic hydroxyl groups is 2. The van der Waals surface area contributed by atoms with E-state index in [1.165, 1.54) is 0 Å². The molecule has 0 spiro atoms. The summed E-state index contributed by atoms with van der Waals surface area (Å²) >= 11 is 0. The van der Waals surface area contributed by atoms with Crippen LogP contribution in [0.4, 0.5) is 0 Å². The van der Waals surface area contributed by atoms with Crippen molar-refractivity contribution in [1.82, 2.24) is 0 Å². The number of carbonyl (C=O) groups excluding carboxylic acids is 1. The molecular formula is C12H15N3O3. The Balaban J connectivity index is 2.76. The van der Waals surface area contributed by atoms with Crippen molar-refractivity contribution >= 4 is 6.29 Å². The summed E-state index contributed by atoms with van der Waals surface area (Å²) in [6, 6.07) is 4.85. The van der Waals surface area contributed by atoms with E-state index >= 15 is 0 Å². The monoisotopic (exact) mass is 249 g/mol. The van der Waals surface area contributed by atoms with Gasteiger partial charge in [0.25, 0.3) is 0 Å². The van der Waals surface area contributed by atoms with Crippen LogP contribution in [0.15, 0.2) is 23.3 Å². The van der Waals surface area contributed by atoms with Crippen LogP contribution in [-0.4, -0.2) is 29.1 Å². The molecule has 0 amide bonds. The zero-order valence-corrected chi connectivity index (χ0v) is 10.0. The molecule has 0 aliphatic carbocycles. The van der Waals surface area contributed by atoms with Crippen LogP contribution in [0.3, 0.4) is 0 Å². The van der Waals surface area contributed by atoms with Crippen molar-refractivity contribution in [3.63, 3.8) is 0 Å². The lowest BCUT2D eigenvalue weighted by Gasteiger charge is -2.18. The van der Waals surface area contributed by atoms with E-state index in [9.17, 15) is 15.0 Å². The normalized spacial score (nSPS) is 13.5. The second-order valence-corrected chi connectivity index (χ2v) is 3.99. The highest BCUT2D eigenvalue weighted by molar-refractivity contribution is 5.77. The Hall–Kier alpha value is -1.88. The highest BCUT2D eigenvalue weighted by Gasteiger charge is 2.18. The summed E-state index contributed by atoms with van der Waals surface area (Å²) in [4.78, 5) is 13.2. The third-order valence-electron chi connectivity index (χ3n) is 2.71. The van der Waals surface area contributed by atoms with Crippen molar-refractivity contribution in [2.75, 3.05) is 6.54 Å². The maximum absolute atomic E-state index is 10.7. The van der Waals surface area contributed by atoms with Crippen molar-refractivity contribution in [2.24, 2.45) is 5.11 Å². The second-order valence-electron chi connectivity index (χ2n) is 3.99. The van der Waals surface area contributed by atoms with E-state index < -0.39 is 12.2 Å². The van der Waals surface area contributed by atoms with E-state index in [-0.39, 0.29) is 13.0 Å². The molecule has 2 unspecified atom stereocenters. The van der Waals surface area contributed by atoms with E-state index in [4.69, 9.17) is 5.53 Å². The van der Waals surface area contributed by atoms with Gasteiger partial charge in [-0.15, -0.1) is 0 Å². The van der Waals surface area contributed by atoms with Crippen LogP contribution in [0.25, 0.3) is 10.4 Å². The van der Waals surface area contributed by atoms with E-state index in [0.717, 1.165) is 11.8 Å². The van der Waals surface area contributed by atoms with Crippen LogP contribution < -0.4 is 0 Å². The van der Waals surface area contributed by atoms with Gasteiger partial charge >= 0.3 is 0 Å². The molecule has 0 saturated heterocycles. The van der Waals surface area contributed by atoms with Crippen molar-refractivity contribution in [3.05, 3.63) is 45.3 Å². The Labute approximate surface area is 105 Å². The lowest BCUT2D eigenvalue weighted by atomic mass is 9.98. The molecule has 0 radical (unpaired) electrons. The smallest absolute Gasteiger partial charge is 0.150 e. The largest absolute Gasteiger partial charge is 0.390 e. The molecule has 96 valence electrons. The van der Waals surface area contributed by atoms with Gasteiger partial charge in [0.15, 0.2) is 0 Å². The number of nitrogens with zero attached hydrogens (tertiary/aromatic N) is 3. The van der Waals surface area contributed by atoms with Gasteiger partial charge in [-0.3, -0.25) is 4.79 Å². The van der Waals surface area contributed by atoms with Crippen LogP contribution in [-0.2, 0) is 0 Å². The molecule has 1 aromatic rings. The van der Waals surface area contributed by atoms with Gasteiger partial charge in [0.05, 0.1) is 6.10 Å². The first-order valence-corrected chi connectivity index (χ1v) is 5.53. The fourth-order valence-electron chi connectivity index (χ4n) is 1.63. The second kappa shape index (κ2) is 6.76. The first-order valence-electron chi connectivity index (χ1n) is 5.53. The topological polar surface area (TPSA) is 106 Å². The molecule has 0 saturated carbocycles. The highest BCUT2D eigenvalue weighted by atomic mass is 16.3. The lowest BCUT2D eigenvalue weighted by Crippen LogP contribution is -2.19. The summed E-state index contributed by atoms with van der Waals surface area (Å²) in [7, 11) is 0. The minimum Gasteiger partial charge on any atom is -0.390 e. The minimum atomic E-state index is -1.06. The number of hydrogen-bond acceptors (Lipinski definition) is 4. The Bertz CT molecular complexity index is 470. The van der Waals surface area contributed by atoms with E-state index in [1.54, 1.807) is 25.1 Å². The maximum Gasteiger partial charge on any atom is 0.150 e. The standard InChI is InChI=1S/C12H15N3O3/c1-8-6-9(2-3-10(8)7-16)12(18)11(17)4-5-14-15-13/h2-3,6-7,11-12,17-18H,4-5H2,1H3. The van der Waals surface area contributed by atoms with Gasteiger partial charge in [0.2, 0.25) is 0 Å². The zero-order valence-electron chi connectivity index (χ0n) is 10.0. The van der Waals surface area contributed by atoms with Crippen molar-refractivity contribution in [2.45, 2.75) is 25.6 Å². The van der Waals surface area contributed by atoms with Gasteiger partial charge in [0, 0.05) is 17.0 Å². The fraction of sp³-hybridized carbons (Fsp3) is 0.417. The number of carbonyl (C=O) groups is 1. The van der Waals surface area contributed by atoms with Crippen LogP contribution in [0.1, 0.15) is 34.0 Å². The number of aldehydes is 1. The molecule has 6 nitrogen and oxygen atoms in total. The van der Waals surface area contributed by atoms with Crippen LogP contribution >= 0.6 is 0 Å². The van der Waals surface area contributed by atoms with Gasteiger partial charge in [-0.05, 0) is 30.0 Å². The van der Waals surface area contributed by atoms with Gasteiger partial charge in [-0.2, -0.15) is 0 Å². The molecule has 18 heavy (non-hydrogen) atoms. The third kappa shape index (κ3) is 3.56. The Morgan fingerprint density at radius 1 is 1.50 bits per heavy atom. The SMILES string of the molecule is Cc1cc(C(O)C(O)CCN=[N+]=[N-])ccc1C=O. The summed E-state index contributed by atoms with van der Waals surface area (Å²) in [5.74, 6) is 0. The van der Waals surface area contributed by atoms with Gasteiger partial charge in [0.1, 0.15) is 12.4 Å². The summed E-state index contributed by atoms with van der Waals surface area (Å²) in [5.41, 5.74) is 9.93. The number of rotatable bonds is 6. The molecule has 0 bridgehead atoms. The quantitative estimate of drug-likeness (QED) is 0.348. The zero-order chi connectivity index (χ0) is 13.5. The van der Waals surface area contributed by atoms with Crippen LogP contribution in [0.5, 0.6) is 0 Å². The number of hydrogen-bond donors (Lipinski definition) is 2. The van der Waals surface area contributed by atoms with E-state index in [2.05, 4.69) is 10.0 Å². The highest BCUT2D eigenvalue weighted by Crippen LogP contribution is 2.21. The molecule has 0 aliphatic rings. The predicted octanol–water partition coefficient (Wildman–Crippen LogP) is 1.90. The van der Waals surface area contributed by atoms with Crippen LogP contribution in [0, 0.1) is 6.92 Å². The average molecular weight is 249 g/mol. The van der Waals surface area contributed by atoms with E-state index in [1.807, 2.05) is 0 Å². The molecule has 1 aromatic carbocycles. The maximum atomic E-state index is 10.7. The van der Waals surface area contributed by atoms with Gasteiger partial charge in [-0.25, -0.2) is 0 Å². The summed E-state index contributed by atoms with van der Waals surface area (Å²) in [6.07, 6.45) is -1.14. The number of aryl methyl sites for hydroxylation is 1. The molecule has 0 aliphatic heterocycles. The van der Waals surface area contributed by atoms with Crippen molar-refractivity contribution < 1.29 is 15.0 Å². The summed E-state index contributed by atoms with van der Waals surface area (Å²) in [5, 5.41) is 22.9. The molecule has 0 fully saturated rings. The van der Waals surface area contributed by atoms with Gasteiger partial charge < -0.3 is 10.2 Å². The number of benzene rings is 1. The average Bonchev–Trinajstić information content (AvgIpc) is 2.38. The van der Waals surface area contributed by atoms with Gasteiger partial charge in [-0.1, -0.05) is 23.3 Å². The van der Waals surface area contributed by atoms with E-state index in [0.29, 0.717) is 11.1 Å². The number of azide groups is 1. The first kappa shape index (κ1) is 14.2. The van der Waals surface area contributed by atoms with Crippen molar-refractivity contribution in [1.29, 1.82) is 0 Å². The Morgan fingerprint density at radius 2 is 2.22 bits per heavy atom. The summed E-state index contributed by atoms with van der Waals surface area (Å²) < 4.78 is 0. The Kier molecular flexibility index (Phi) is 5.32. The summed E-state index contributed by atoms with van der Waals surface area (Å²) in [6.45, 7) is 1.88. The predicted molar refractivity (Wildman–Crippen MR) is 66.2 cm³/mol. The van der Waals surface area contributed by atoms with Crippen molar-refractivity contribution in [3.8, 4) is 0 Å².